The highest BCUT2D eigenvalue weighted by atomic mass is 35.5. The Labute approximate surface area is 156 Å². The highest BCUT2D eigenvalue weighted by Crippen LogP contribution is 2.25. The van der Waals surface area contributed by atoms with Crippen molar-refractivity contribution in [2.75, 3.05) is 17.7 Å². The molecule has 0 unspecified atom stereocenters. The van der Waals surface area contributed by atoms with Gasteiger partial charge >= 0.3 is 0 Å². The molecule has 1 amide bonds. The number of hydrogen-bond acceptors (Lipinski definition) is 5. The largest absolute Gasteiger partial charge is 0.495 e. The first-order valence-corrected chi connectivity index (χ1v) is 8.25. The number of anilines is 3. The fourth-order valence-corrected chi connectivity index (χ4v) is 2.59. The number of methoxy groups -OCH3 is 1. The van der Waals surface area contributed by atoms with Crippen molar-refractivity contribution in [2.45, 2.75) is 6.92 Å². The molecular formula is C19H17ClN4O2. The van der Waals surface area contributed by atoms with Crippen LogP contribution < -0.4 is 15.4 Å². The number of nitrogens with zero attached hydrogens (tertiary/aromatic N) is 2. The monoisotopic (exact) mass is 368 g/mol. The minimum atomic E-state index is -0.333. The first-order chi connectivity index (χ1) is 12.6. The van der Waals surface area contributed by atoms with E-state index in [4.69, 9.17) is 16.3 Å². The molecule has 1 aromatic heterocycles. The van der Waals surface area contributed by atoms with E-state index in [0.717, 1.165) is 5.56 Å². The van der Waals surface area contributed by atoms with Gasteiger partial charge in [-0.2, -0.15) is 0 Å². The second kappa shape index (κ2) is 7.84. The molecule has 6 nitrogen and oxygen atoms in total. The van der Waals surface area contributed by atoms with Crippen LogP contribution in [-0.2, 0) is 0 Å². The van der Waals surface area contributed by atoms with Gasteiger partial charge in [0.1, 0.15) is 11.4 Å². The first-order valence-electron chi connectivity index (χ1n) is 7.87. The molecule has 2 aromatic carbocycles. The van der Waals surface area contributed by atoms with Crippen molar-refractivity contribution in [2.24, 2.45) is 0 Å². The molecule has 0 radical (unpaired) electrons. The van der Waals surface area contributed by atoms with Crippen LogP contribution in [0.1, 0.15) is 16.1 Å². The second-order valence-electron chi connectivity index (χ2n) is 5.50. The van der Waals surface area contributed by atoms with Gasteiger partial charge < -0.3 is 15.4 Å². The molecule has 0 saturated heterocycles. The van der Waals surface area contributed by atoms with Gasteiger partial charge in [-0.1, -0.05) is 23.7 Å². The molecule has 132 valence electrons. The summed E-state index contributed by atoms with van der Waals surface area (Å²) in [6.07, 6.45) is 1.52. The molecule has 1 heterocycles. The van der Waals surface area contributed by atoms with E-state index in [-0.39, 0.29) is 11.6 Å². The van der Waals surface area contributed by atoms with Crippen LogP contribution in [0.25, 0.3) is 0 Å². The standard InChI is InChI=1S/C19H17ClN4O2/c1-12-11-13(20)7-8-14(12)22-18(25)16-9-10-21-19(24-16)23-15-5-3-4-6-17(15)26-2/h3-11H,1-2H3,(H,22,25)(H,21,23,24). The zero-order chi connectivity index (χ0) is 18.5. The summed E-state index contributed by atoms with van der Waals surface area (Å²) >= 11 is 5.94. The predicted octanol–water partition coefficient (Wildman–Crippen LogP) is 4.44. The molecule has 3 aromatic rings. The Morgan fingerprint density at radius 2 is 1.92 bits per heavy atom. The van der Waals surface area contributed by atoms with E-state index in [9.17, 15) is 4.79 Å². The molecule has 0 aliphatic heterocycles. The van der Waals surface area contributed by atoms with Gasteiger partial charge in [0.25, 0.3) is 5.91 Å². The number of aromatic nitrogens is 2. The van der Waals surface area contributed by atoms with E-state index in [1.54, 1.807) is 31.4 Å². The number of carbonyl (C=O) groups is 1. The third kappa shape index (κ3) is 4.10. The lowest BCUT2D eigenvalue weighted by molar-refractivity contribution is 0.102. The maximum absolute atomic E-state index is 12.5. The number of amides is 1. The number of ether oxygens (including phenoxy) is 1. The van der Waals surface area contributed by atoms with E-state index in [0.29, 0.717) is 28.1 Å². The number of nitrogens with one attached hydrogen (secondary N) is 2. The van der Waals surface area contributed by atoms with Gasteiger partial charge in [0.2, 0.25) is 5.95 Å². The molecule has 0 atom stereocenters. The minimum Gasteiger partial charge on any atom is -0.495 e. The Morgan fingerprint density at radius 3 is 2.69 bits per heavy atom. The molecule has 0 spiro atoms. The number of rotatable bonds is 5. The number of aryl methyl sites for hydroxylation is 1. The fourth-order valence-electron chi connectivity index (χ4n) is 2.37. The molecule has 7 heteroatoms. The van der Waals surface area contributed by atoms with E-state index in [1.807, 2.05) is 31.2 Å². The SMILES string of the molecule is COc1ccccc1Nc1nccc(C(=O)Nc2ccc(Cl)cc2C)n1. The summed E-state index contributed by atoms with van der Waals surface area (Å²) in [6, 6.07) is 14.2. The Hall–Kier alpha value is -3.12. The number of halogens is 1. The van der Waals surface area contributed by atoms with Gasteiger partial charge in [-0.15, -0.1) is 0 Å². The van der Waals surface area contributed by atoms with Crippen LogP contribution in [0.3, 0.4) is 0 Å². The smallest absolute Gasteiger partial charge is 0.274 e. The van der Waals surface area contributed by atoms with Crippen molar-refractivity contribution in [1.82, 2.24) is 9.97 Å². The van der Waals surface area contributed by atoms with Crippen LogP contribution in [0, 0.1) is 6.92 Å². The second-order valence-corrected chi connectivity index (χ2v) is 5.94. The van der Waals surface area contributed by atoms with Gasteiger partial charge in [-0.05, 0) is 48.9 Å². The molecule has 0 aliphatic rings. The van der Waals surface area contributed by atoms with E-state index < -0.39 is 0 Å². The lowest BCUT2D eigenvalue weighted by atomic mass is 10.2. The molecule has 0 aliphatic carbocycles. The fraction of sp³-hybridized carbons (Fsp3) is 0.105. The molecule has 0 bridgehead atoms. The Kier molecular flexibility index (Phi) is 5.34. The number of benzene rings is 2. The average Bonchev–Trinajstić information content (AvgIpc) is 2.64. The molecule has 0 fully saturated rings. The Balaban J connectivity index is 1.79. The van der Waals surface area contributed by atoms with Crippen LogP contribution in [0.2, 0.25) is 5.02 Å². The highest BCUT2D eigenvalue weighted by molar-refractivity contribution is 6.30. The molecule has 0 saturated carbocycles. The van der Waals surface area contributed by atoms with Gasteiger partial charge in [-0.25, -0.2) is 9.97 Å². The first kappa shape index (κ1) is 17.7. The summed E-state index contributed by atoms with van der Waals surface area (Å²) < 4.78 is 5.29. The molecular weight excluding hydrogens is 352 g/mol. The molecule has 26 heavy (non-hydrogen) atoms. The Morgan fingerprint density at radius 1 is 1.12 bits per heavy atom. The quantitative estimate of drug-likeness (QED) is 0.696. The number of carbonyl (C=O) groups excluding carboxylic acids is 1. The van der Waals surface area contributed by atoms with Crippen LogP contribution in [0.4, 0.5) is 17.3 Å². The average molecular weight is 369 g/mol. The maximum Gasteiger partial charge on any atom is 0.274 e. The summed E-state index contributed by atoms with van der Waals surface area (Å²) in [5.41, 5.74) is 2.50. The summed E-state index contributed by atoms with van der Waals surface area (Å²) in [4.78, 5) is 20.9. The van der Waals surface area contributed by atoms with Crippen molar-refractivity contribution >= 4 is 34.8 Å². The van der Waals surface area contributed by atoms with Gasteiger partial charge in [-0.3, -0.25) is 4.79 Å². The van der Waals surface area contributed by atoms with Crippen molar-refractivity contribution in [1.29, 1.82) is 0 Å². The van der Waals surface area contributed by atoms with Gasteiger partial charge in [0.05, 0.1) is 12.8 Å². The normalized spacial score (nSPS) is 10.3. The van der Waals surface area contributed by atoms with Gasteiger partial charge in [0, 0.05) is 16.9 Å². The lowest BCUT2D eigenvalue weighted by Gasteiger charge is -2.11. The summed E-state index contributed by atoms with van der Waals surface area (Å²) in [5.74, 6) is 0.624. The van der Waals surface area contributed by atoms with Crippen molar-refractivity contribution < 1.29 is 9.53 Å². The summed E-state index contributed by atoms with van der Waals surface area (Å²) in [7, 11) is 1.58. The van der Waals surface area contributed by atoms with E-state index in [2.05, 4.69) is 20.6 Å². The van der Waals surface area contributed by atoms with Crippen molar-refractivity contribution in [3.8, 4) is 5.75 Å². The van der Waals surface area contributed by atoms with Crippen molar-refractivity contribution in [3.63, 3.8) is 0 Å². The highest BCUT2D eigenvalue weighted by Gasteiger charge is 2.12. The molecule has 3 rings (SSSR count). The summed E-state index contributed by atoms with van der Waals surface area (Å²) in [6.45, 7) is 1.87. The maximum atomic E-state index is 12.5. The third-order valence-corrected chi connectivity index (χ3v) is 3.91. The van der Waals surface area contributed by atoms with Crippen molar-refractivity contribution in [3.05, 3.63) is 71.0 Å². The third-order valence-electron chi connectivity index (χ3n) is 3.68. The van der Waals surface area contributed by atoms with Crippen LogP contribution >= 0.6 is 11.6 Å². The number of hydrogen-bond donors (Lipinski definition) is 2. The van der Waals surface area contributed by atoms with Crippen LogP contribution in [-0.4, -0.2) is 23.0 Å². The van der Waals surface area contributed by atoms with E-state index in [1.165, 1.54) is 6.20 Å². The zero-order valence-electron chi connectivity index (χ0n) is 14.3. The van der Waals surface area contributed by atoms with Gasteiger partial charge in [0.15, 0.2) is 0 Å². The number of para-hydroxylation sites is 2. The molecule has 2 N–H and O–H groups in total. The lowest BCUT2D eigenvalue weighted by Crippen LogP contribution is -2.15. The predicted molar refractivity (Wildman–Crippen MR) is 102 cm³/mol. The van der Waals surface area contributed by atoms with Crippen LogP contribution in [0.15, 0.2) is 54.7 Å². The Bertz CT molecular complexity index is 946. The van der Waals surface area contributed by atoms with E-state index >= 15 is 0 Å². The topological polar surface area (TPSA) is 76.1 Å². The minimum absolute atomic E-state index is 0.242. The zero-order valence-corrected chi connectivity index (χ0v) is 15.0. The summed E-state index contributed by atoms with van der Waals surface area (Å²) in [5, 5.41) is 6.50. The van der Waals surface area contributed by atoms with Crippen LogP contribution in [0.5, 0.6) is 5.75 Å².